The van der Waals surface area contributed by atoms with Crippen LogP contribution in [0.4, 0.5) is 9.18 Å². The van der Waals surface area contributed by atoms with Gasteiger partial charge in [-0.05, 0) is 45.2 Å². The normalized spacial score (nSPS) is 16.8. The van der Waals surface area contributed by atoms with E-state index >= 15 is 0 Å². The summed E-state index contributed by atoms with van der Waals surface area (Å²) in [6.45, 7) is 4.58. The van der Waals surface area contributed by atoms with E-state index in [1.807, 2.05) is 0 Å². The number of aromatic nitrogens is 1. The predicted molar refractivity (Wildman–Crippen MR) is 164 cm³/mol. The van der Waals surface area contributed by atoms with Crippen molar-refractivity contribution >= 4 is 46.6 Å². The van der Waals surface area contributed by atoms with Gasteiger partial charge in [0, 0.05) is 51.8 Å². The molecule has 254 valence electrons. The van der Waals surface area contributed by atoms with E-state index in [4.69, 9.17) is 9.47 Å². The summed E-state index contributed by atoms with van der Waals surface area (Å²) in [5.74, 6) is -4.18. The third-order valence-electron chi connectivity index (χ3n) is 7.92. The molecule has 2 atom stereocenters. The molecule has 3 N–H and O–H groups in total. The van der Waals surface area contributed by atoms with Crippen LogP contribution in [-0.2, 0) is 23.9 Å². The van der Waals surface area contributed by atoms with Crippen molar-refractivity contribution < 1.29 is 47.7 Å². The van der Waals surface area contributed by atoms with Gasteiger partial charge in [0.15, 0.2) is 6.61 Å². The van der Waals surface area contributed by atoms with E-state index in [0.29, 0.717) is 25.9 Å². The van der Waals surface area contributed by atoms with Crippen LogP contribution in [0.15, 0.2) is 24.3 Å². The van der Waals surface area contributed by atoms with Crippen molar-refractivity contribution in [3.05, 3.63) is 35.8 Å². The van der Waals surface area contributed by atoms with Gasteiger partial charge in [-0.2, -0.15) is 0 Å². The van der Waals surface area contributed by atoms with Gasteiger partial charge in [0.1, 0.15) is 29.3 Å². The van der Waals surface area contributed by atoms with Crippen LogP contribution < -0.4 is 15.4 Å². The number of carboxylic acid groups (broad SMARTS) is 1. The molecule has 0 saturated carbocycles. The highest BCUT2D eigenvalue weighted by molar-refractivity contribution is 5.99. The van der Waals surface area contributed by atoms with E-state index < -0.39 is 60.7 Å². The number of carbonyl (C=O) groups is 6. The van der Waals surface area contributed by atoms with Gasteiger partial charge in [-0.3, -0.25) is 24.0 Å². The molecule has 0 spiro atoms. The number of ether oxygens (including phenoxy) is 2. The van der Waals surface area contributed by atoms with Crippen LogP contribution in [-0.4, -0.2) is 125 Å². The van der Waals surface area contributed by atoms with Gasteiger partial charge in [0.05, 0.1) is 17.5 Å². The lowest BCUT2D eigenvalue weighted by Crippen LogP contribution is -2.56. The fourth-order valence-electron chi connectivity index (χ4n) is 5.59. The monoisotopic (exact) mass is 658 g/mol. The molecule has 2 aliphatic rings. The van der Waals surface area contributed by atoms with Crippen LogP contribution >= 0.6 is 0 Å². The first-order valence-corrected chi connectivity index (χ1v) is 15.6. The third-order valence-corrected chi connectivity index (χ3v) is 7.92. The van der Waals surface area contributed by atoms with Gasteiger partial charge in [-0.25, -0.2) is 14.2 Å². The van der Waals surface area contributed by atoms with Crippen LogP contribution in [0.5, 0.6) is 5.75 Å². The molecule has 47 heavy (non-hydrogen) atoms. The summed E-state index contributed by atoms with van der Waals surface area (Å²) in [5.41, 5.74) is -0.211. The maximum Gasteiger partial charge on any atom is 0.409 e. The van der Waals surface area contributed by atoms with E-state index in [1.54, 1.807) is 13.8 Å². The molecule has 2 aliphatic heterocycles. The molecule has 1 aromatic carbocycles. The molecule has 0 aliphatic carbocycles. The minimum atomic E-state index is -1.25. The Hall–Kier alpha value is -5.02. The number of benzene rings is 1. The first-order valence-electron chi connectivity index (χ1n) is 15.6. The molecule has 15 nitrogen and oxygen atoms in total. The Labute approximate surface area is 270 Å². The maximum absolute atomic E-state index is 15.0. The number of rotatable bonds is 12. The predicted octanol–water partition coefficient (Wildman–Crippen LogP) is 1.14. The zero-order chi connectivity index (χ0) is 34.1. The molecular weight excluding hydrogens is 619 g/mol. The van der Waals surface area contributed by atoms with Gasteiger partial charge in [-0.15, -0.1) is 0 Å². The summed E-state index contributed by atoms with van der Waals surface area (Å²) in [4.78, 5) is 84.4. The number of halogens is 1. The van der Waals surface area contributed by atoms with Gasteiger partial charge in [0.25, 0.3) is 11.8 Å². The number of nitrogens with zero attached hydrogens (tertiary/aromatic N) is 4. The van der Waals surface area contributed by atoms with Crippen molar-refractivity contribution in [1.29, 1.82) is 0 Å². The molecule has 2 saturated heterocycles. The summed E-state index contributed by atoms with van der Waals surface area (Å²) in [5, 5.41) is 14.5. The van der Waals surface area contributed by atoms with Crippen LogP contribution in [0.25, 0.3) is 10.9 Å². The number of likely N-dealkylation sites (tertiary alicyclic amines) is 1. The molecule has 0 bridgehead atoms. The second-order valence-electron chi connectivity index (χ2n) is 11.0. The highest BCUT2D eigenvalue weighted by atomic mass is 19.1. The van der Waals surface area contributed by atoms with Gasteiger partial charge in [0.2, 0.25) is 11.8 Å². The third kappa shape index (κ3) is 8.62. The number of likely N-dealkylation sites (N-methyl/N-ethyl adjacent to an activating group) is 1. The first kappa shape index (κ1) is 34.8. The molecule has 2 fully saturated rings. The number of hydrogen-bond donors (Lipinski definition) is 3. The summed E-state index contributed by atoms with van der Waals surface area (Å²) in [6, 6.07) is 3.27. The minimum absolute atomic E-state index is 0.0463. The molecule has 2 aromatic rings. The van der Waals surface area contributed by atoms with Crippen molar-refractivity contribution in [2.45, 2.75) is 51.6 Å². The Morgan fingerprint density at radius 1 is 1.06 bits per heavy atom. The number of fused-ring (bicyclic) bond motifs is 1. The number of amides is 5. The van der Waals surface area contributed by atoms with E-state index in [0.717, 1.165) is 6.07 Å². The number of aliphatic carboxylic acids is 1. The highest BCUT2D eigenvalue weighted by Crippen LogP contribution is 2.29. The van der Waals surface area contributed by atoms with Gasteiger partial charge < -0.3 is 39.9 Å². The molecule has 16 heteroatoms. The number of hydrogen-bond acceptors (Lipinski definition) is 9. The largest absolute Gasteiger partial charge is 0.483 e. The zero-order valence-corrected chi connectivity index (χ0v) is 26.3. The summed E-state index contributed by atoms with van der Waals surface area (Å²) in [7, 11) is 0. The van der Waals surface area contributed by atoms with Crippen molar-refractivity contribution in [2.75, 3.05) is 52.5 Å². The molecule has 3 heterocycles. The van der Waals surface area contributed by atoms with Crippen molar-refractivity contribution in [3.8, 4) is 5.75 Å². The Bertz CT molecular complexity index is 1510. The van der Waals surface area contributed by atoms with Crippen LogP contribution in [0, 0.1) is 5.82 Å². The van der Waals surface area contributed by atoms with Crippen molar-refractivity contribution in [1.82, 2.24) is 30.3 Å². The Morgan fingerprint density at radius 2 is 1.79 bits per heavy atom. The fourth-order valence-corrected chi connectivity index (χ4v) is 5.59. The summed E-state index contributed by atoms with van der Waals surface area (Å²) in [6.07, 6.45) is -0.0117. The lowest BCUT2D eigenvalue weighted by molar-refractivity contribution is -0.139. The maximum atomic E-state index is 15.0. The van der Waals surface area contributed by atoms with Gasteiger partial charge >= 0.3 is 12.1 Å². The number of carbonyl (C=O) groups excluding carboxylic acids is 5. The van der Waals surface area contributed by atoms with Crippen LogP contribution in [0.2, 0.25) is 0 Å². The fraction of sp³-hybridized carbons (Fsp3) is 0.516. The lowest BCUT2D eigenvalue weighted by atomic mass is 10.1. The Balaban J connectivity index is 1.52. The van der Waals surface area contributed by atoms with Crippen LogP contribution in [0.3, 0.4) is 0 Å². The average Bonchev–Trinajstić information content (AvgIpc) is 3.56. The molecule has 4 rings (SSSR count). The first-order chi connectivity index (χ1) is 22.5. The average molecular weight is 659 g/mol. The Morgan fingerprint density at radius 3 is 2.47 bits per heavy atom. The van der Waals surface area contributed by atoms with E-state index in [2.05, 4.69) is 15.6 Å². The lowest BCUT2D eigenvalue weighted by Gasteiger charge is -2.35. The molecule has 0 radical (unpaired) electrons. The van der Waals surface area contributed by atoms with Crippen molar-refractivity contribution in [3.63, 3.8) is 0 Å². The molecule has 5 amide bonds. The minimum Gasteiger partial charge on any atom is -0.483 e. The highest BCUT2D eigenvalue weighted by Gasteiger charge is 2.34. The van der Waals surface area contributed by atoms with E-state index in [1.165, 1.54) is 32.9 Å². The van der Waals surface area contributed by atoms with Crippen LogP contribution in [0.1, 0.15) is 50.0 Å². The smallest absolute Gasteiger partial charge is 0.409 e. The number of piperazine rings is 1. The molecular formula is C31H39FN6O9. The Kier molecular flexibility index (Phi) is 11.9. The number of nitrogens with one attached hydrogen (secondary N) is 2. The van der Waals surface area contributed by atoms with Gasteiger partial charge in [-0.1, -0.05) is 6.07 Å². The quantitative estimate of drug-likeness (QED) is 0.299. The van der Waals surface area contributed by atoms with E-state index in [-0.39, 0.29) is 67.5 Å². The second-order valence-corrected chi connectivity index (χ2v) is 11.0. The van der Waals surface area contributed by atoms with Crippen molar-refractivity contribution in [2.24, 2.45) is 0 Å². The second kappa shape index (κ2) is 16.0. The van der Waals surface area contributed by atoms with E-state index in [9.17, 15) is 38.3 Å². The molecule has 2 unspecified atom stereocenters. The standard InChI is InChI=1S/C31H39FN6O9/c1-3-33-29(43)23-9-6-12-38(23)25(39)18-47-24-17-22(34-20-8-5-7-19(32)27(20)24)28(42)35-21(10-11-26(40)41)30(44)36-13-15-37(16-14-36)31(45)46-4-2/h5,7-8,17,21,23H,3-4,6,9-16,18H2,1-2H3,(H,33,43)(H,35,42)(H,40,41). The zero-order valence-electron chi connectivity index (χ0n) is 26.3. The number of pyridine rings is 1. The SMILES string of the molecule is CCNC(=O)C1CCCN1C(=O)COc1cc(C(=O)NC(CCC(=O)O)C(=O)N2CCN(C(=O)OCC)CC2)nc2cccc(F)c12. The number of carboxylic acids is 1. The topological polar surface area (TPSA) is 188 Å². The molecule has 1 aromatic heterocycles. The summed E-state index contributed by atoms with van der Waals surface area (Å²) >= 11 is 0. The summed E-state index contributed by atoms with van der Waals surface area (Å²) < 4.78 is 25.7.